The first kappa shape index (κ1) is 9.04. The van der Waals surface area contributed by atoms with Gasteiger partial charge in [-0.1, -0.05) is 18.2 Å². The summed E-state index contributed by atoms with van der Waals surface area (Å²) in [6, 6.07) is 11.3. The van der Waals surface area contributed by atoms with E-state index in [2.05, 4.69) is 42.8 Å². The minimum Gasteiger partial charge on any atom is -0.0610 e. The predicted octanol–water partition coefficient (Wildman–Crippen LogP) is 3.35. The van der Waals surface area contributed by atoms with E-state index >= 15 is 0 Å². The Labute approximate surface area is 106 Å². The molecular weight excluding hydrogens is 216 g/mol. The lowest BCUT2D eigenvalue weighted by molar-refractivity contribution is 0.834. The molecule has 0 spiro atoms. The van der Waals surface area contributed by atoms with Crippen LogP contribution in [0.4, 0.5) is 0 Å². The highest BCUT2D eigenvalue weighted by Gasteiger charge is 2.27. The normalized spacial score (nSPS) is 16.0. The SMILES string of the molecule is C1=c2ccc3cccc4c5c(c(c2c34)C[CH+]1)CC5. The van der Waals surface area contributed by atoms with E-state index in [1.54, 1.807) is 16.7 Å². The second-order valence-corrected chi connectivity index (χ2v) is 5.48. The lowest BCUT2D eigenvalue weighted by Gasteiger charge is -2.26. The lowest BCUT2D eigenvalue weighted by atomic mass is 9.75. The Hall–Kier alpha value is -1.95. The maximum Gasteiger partial charge on any atom is 0.113 e. The first-order valence-corrected chi connectivity index (χ1v) is 6.75. The topological polar surface area (TPSA) is 0 Å². The molecule has 0 unspecified atom stereocenters. The van der Waals surface area contributed by atoms with E-state index in [4.69, 9.17) is 0 Å². The molecule has 3 aromatic rings. The minimum atomic E-state index is 1.12. The van der Waals surface area contributed by atoms with Gasteiger partial charge in [-0.25, -0.2) is 0 Å². The number of hydrogen-bond donors (Lipinski definition) is 0. The fourth-order valence-electron chi connectivity index (χ4n) is 3.80. The molecule has 3 aromatic carbocycles. The Kier molecular flexibility index (Phi) is 1.45. The molecule has 0 aromatic heterocycles. The summed E-state index contributed by atoms with van der Waals surface area (Å²) in [4.78, 5) is 0. The third kappa shape index (κ3) is 0.883. The van der Waals surface area contributed by atoms with Gasteiger partial charge in [0.25, 0.3) is 0 Å². The third-order valence-corrected chi connectivity index (χ3v) is 4.68. The van der Waals surface area contributed by atoms with Crippen LogP contribution in [-0.2, 0) is 19.3 Å². The average molecular weight is 229 g/mol. The van der Waals surface area contributed by atoms with Crippen molar-refractivity contribution in [3.05, 3.63) is 58.7 Å². The third-order valence-electron chi connectivity index (χ3n) is 4.68. The molecule has 0 radical (unpaired) electrons. The summed E-state index contributed by atoms with van der Waals surface area (Å²) in [7, 11) is 0. The Morgan fingerprint density at radius 1 is 0.833 bits per heavy atom. The fraction of sp³-hybridized carbons (Fsp3) is 0.167. The summed E-state index contributed by atoms with van der Waals surface area (Å²) in [5.74, 6) is 0. The number of hydrogen-bond acceptors (Lipinski definition) is 0. The summed E-state index contributed by atoms with van der Waals surface area (Å²) < 4.78 is 0. The zero-order valence-corrected chi connectivity index (χ0v) is 10.2. The molecule has 0 heteroatoms. The van der Waals surface area contributed by atoms with Crippen molar-refractivity contribution in [3.8, 4) is 0 Å². The first-order chi connectivity index (χ1) is 8.93. The van der Waals surface area contributed by atoms with E-state index in [0.29, 0.717) is 0 Å². The Balaban J connectivity index is 2.23. The predicted molar refractivity (Wildman–Crippen MR) is 76.5 cm³/mol. The van der Waals surface area contributed by atoms with Crippen LogP contribution < -0.4 is 5.22 Å². The minimum absolute atomic E-state index is 1.12. The Morgan fingerprint density at radius 3 is 2.67 bits per heavy atom. The summed E-state index contributed by atoms with van der Waals surface area (Å²) in [5.41, 5.74) is 4.88. The molecule has 18 heavy (non-hydrogen) atoms. The van der Waals surface area contributed by atoms with Crippen molar-refractivity contribution in [2.75, 3.05) is 0 Å². The molecule has 0 fully saturated rings. The van der Waals surface area contributed by atoms with Crippen LogP contribution in [0.1, 0.15) is 16.7 Å². The zero-order chi connectivity index (χ0) is 11.7. The summed E-state index contributed by atoms with van der Waals surface area (Å²) >= 11 is 0. The van der Waals surface area contributed by atoms with Gasteiger partial charge < -0.3 is 0 Å². The molecular formula is C18H13+. The van der Waals surface area contributed by atoms with Gasteiger partial charge in [0.05, 0.1) is 11.8 Å². The van der Waals surface area contributed by atoms with E-state index in [9.17, 15) is 0 Å². The van der Waals surface area contributed by atoms with Crippen LogP contribution in [-0.4, -0.2) is 0 Å². The summed E-state index contributed by atoms with van der Waals surface area (Å²) in [6.45, 7) is 0. The lowest BCUT2D eigenvalue weighted by Crippen LogP contribution is -2.19. The van der Waals surface area contributed by atoms with Crippen molar-refractivity contribution in [1.29, 1.82) is 0 Å². The second-order valence-electron chi connectivity index (χ2n) is 5.48. The Bertz CT molecular complexity index is 868. The zero-order valence-electron chi connectivity index (χ0n) is 10.2. The number of fused-ring (bicyclic) bond motifs is 3. The summed E-state index contributed by atoms with van der Waals surface area (Å²) in [5, 5.41) is 7.36. The first-order valence-electron chi connectivity index (χ1n) is 6.75. The van der Waals surface area contributed by atoms with E-state index in [-0.39, 0.29) is 0 Å². The molecule has 0 amide bonds. The van der Waals surface area contributed by atoms with Gasteiger partial charge in [0.15, 0.2) is 0 Å². The molecule has 84 valence electrons. The molecule has 0 atom stereocenters. The second kappa shape index (κ2) is 2.89. The molecule has 2 aliphatic carbocycles. The molecule has 0 N–H and O–H groups in total. The van der Waals surface area contributed by atoms with Crippen molar-refractivity contribution < 1.29 is 0 Å². The van der Waals surface area contributed by atoms with E-state index in [1.807, 2.05) is 0 Å². The number of aryl methyl sites for hydroxylation is 1. The van der Waals surface area contributed by atoms with Crippen LogP contribution in [0.25, 0.3) is 27.6 Å². The van der Waals surface area contributed by atoms with Crippen molar-refractivity contribution in [2.45, 2.75) is 19.3 Å². The van der Waals surface area contributed by atoms with Gasteiger partial charge in [-0.3, -0.25) is 0 Å². The van der Waals surface area contributed by atoms with Crippen LogP contribution in [0.15, 0.2) is 30.3 Å². The molecule has 0 heterocycles. The molecule has 0 saturated heterocycles. The van der Waals surface area contributed by atoms with Gasteiger partial charge in [-0.15, -0.1) is 0 Å². The van der Waals surface area contributed by atoms with Crippen LogP contribution in [0.2, 0.25) is 0 Å². The maximum absolute atomic E-state index is 2.32. The molecule has 0 saturated carbocycles. The van der Waals surface area contributed by atoms with Gasteiger partial charge >= 0.3 is 0 Å². The van der Waals surface area contributed by atoms with Crippen LogP contribution in [0, 0.1) is 6.42 Å². The summed E-state index contributed by atoms with van der Waals surface area (Å²) in [6.07, 6.45) is 8.28. The van der Waals surface area contributed by atoms with E-state index in [1.165, 1.54) is 39.6 Å². The molecule has 0 bridgehead atoms. The van der Waals surface area contributed by atoms with Crippen molar-refractivity contribution in [1.82, 2.24) is 0 Å². The van der Waals surface area contributed by atoms with Crippen LogP contribution in [0.3, 0.4) is 0 Å². The van der Waals surface area contributed by atoms with E-state index in [0.717, 1.165) is 6.42 Å². The standard InChI is InChI=1S/C18H13/c1-3-11-7-8-12-4-2-6-16-14-10-9-13(14)15(5-1)17(11)18(12)16/h1-5,7-8H,6,9-10H2/q+1. The highest BCUT2D eigenvalue weighted by Crippen LogP contribution is 2.40. The van der Waals surface area contributed by atoms with Crippen molar-refractivity contribution in [2.24, 2.45) is 0 Å². The highest BCUT2D eigenvalue weighted by molar-refractivity contribution is 6.14. The van der Waals surface area contributed by atoms with Gasteiger partial charge in [0, 0.05) is 23.4 Å². The largest absolute Gasteiger partial charge is 0.113 e. The van der Waals surface area contributed by atoms with E-state index < -0.39 is 0 Å². The van der Waals surface area contributed by atoms with Gasteiger partial charge in [-0.05, 0) is 40.8 Å². The molecule has 0 nitrogen and oxygen atoms in total. The molecule has 5 rings (SSSR count). The van der Waals surface area contributed by atoms with Crippen LogP contribution in [0.5, 0.6) is 0 Å². The van der Waals surface area contributed by atoms with Crippen molar-refractivity contribution >= 4 is 27.6 Å². The van der Waals surface area contributed by atoms with Gasteiger partial charge in [0.1, 0.15) is 11.3 Å². The fourth-order valence-corrected chi connectivity index (χ4v) is 3.80. The van der Waals surface area contributed by atoms with Crippen LogP contribution >= 0.6 is 0 Å². The molecule has 0 aliphatic heterocycles. The number of benzene rings is 3. The highest BCUT2D eigenvalue weighted by atomic mass is 14.3. The quantitative estimate of drug-likeness (QED) is 0.519. The van der Waals surface area contributed by atoms with Crippen molar-refractivity contribution in [3.63, 3.8) is 0 Å². The number of rotatable bonds is 0. The van der Waals surface area contributed by atoms with Gasteiger partial charge in [0.2, 0.25) is 0 Å². The molecule has 2 aliphatic rings. The smallest absolute Gasteiger partial charge is 0.0610 e. The van der Waals surface area contributed by atoms with Gasteiger partial charge in [-0.2, -0.15) is 0 Å². The monoisotopic (exact) mass is 229 g/mol. The maximum atomic E-state index is 2.32. The Morgan fingerprint density at radius 2 is 1.78 bits per heavy atom. The average Bonchev–Trinajstić information content (AvgIpc) is 2.37.